The molecule has 5 aromatic carbocycles. The zero-order valence-corrected chi connectivity index (χ0v) is 36.3. The van der Waals surface area contributed by atoms with Crippen LogP contribution >= 0.6 is 0 Å². The van der Waals surface area contributed by atoms with Crippen molar-refractivity contribution in [1.29, 1.82) is 0 Å². The van der Waals surface area contributed by atoms with Crippen LogP contribution in [0.4, 0.5) is 0 Å². The molecule has 0 atom stereocenters. The third-order valence-corrected chi connectivity index (χ3v) is 14.3. The second kappa shape index (κ2) is 16.4. The number of rotatable bonds is 6. The SMILES string of the molecule is Cc1c[c-]c(-c2cc(C)[c]([Ge]([CH3])([CH3])[CH3])cn2)cc1-c1ccccc1.[2H]C([2H])([2H])c1cccc(-c2ccc3c(c2)oc2c(-c4cc(C(C)C)ccn4)[c-]ccc23)c1.[Ir]. The van der Waals surface area contributed by atoms with Gasteiger partial charge in [0.25, 0.3) is 0 Å². The molecule has 273 valence electrons. The van der Waals surface area contributed by atoms with Gasteiger partial charge < -0.3 is 9.40 Å². The fraction of sp³-hybridized carbons (Fsp3) is 0.184. The van der Waals surface area contributed by atoms with Crippen LogP contribution in [-0.2, 0) is 20.1 Å². The maximum atomic E-state index is 7.69. The molecule has 0 bridgehead atoms. The molecule has 0 aliphatic rings. The number of benzene rings is 5. The number of fused-ring (bicyclic) bond motifs is 3. The van der Waals surface area contributed by atoms with Gasteiger partial charge in [-0.25, -0.2) is 0 Å². The van der Waals surface area contributed by atoms with E-state index in [9.17, 15) is 0 Å². The van der Waals surface area contributed by atoms with Crippen LogP contribution in [0.5, 0.6) is 0 Å². The maximum Gasteiger partial charge on any atom is 0.121 e. The van der Waals surface area contributed by atoms with Gasteiger partial charge in [0.1, 0.15) is 5.58 Å². The Hall–Kier alpha value is -4.61. The van der Waals surface area contributed by atoms with Crippen molar-refractivity contribution < 1.29 is 28.6 Å². The van der Waals surface area contributed by atoms with Gasteiger partial charge >= 0.3 is 148 Å². The Labute approximate surface area is 340 Å². The van der Waals surface area contributed by atoms with Crippen LogP contribution in [0.15, 0.2) is 132 Å². The Balaban J connectivity index is 0.000000197. The van der Waals surface area contributed by atoms with E-state index in [4.69, 9.17) is 13.5 Å². The van der Waals surface area contributed by atoms with E-state index in [1.54, 1.807) is 18.2 Å². The first-order chi connectivity index (χ1) is 26.7. The van der Waals surface area contributed by atoms with Crippen molar-refractivity contribution in [3.63, 3.8) is 0 Å². The van der Waals surface area contributed by atoms with Crippen molar-refractivity contribution >= 4 is 39.6 Å². The van der Waals surface area contributed by atoms with Crippen molar-refractivity contribution in [2.45, 2.75) is 57.7 Å². The first-order valence-corrected chi connectivity index (χ1v) is 25.5. The molecule has 3 heterocycles. The van der Waals surface area contributed by atoms with E-state index < -0.39 is 20.1 Å². The molecule has 1 radical (unpaired) electrons. The summed E-state index contributed by atoms with van der Waals surface area (Å²) < 4.78 is 30.9. The predicted molar refractivity (Wildman–Crippen MR) is 226 cm³/mol. The Morgan fingerprint density at radius 1 is 0.722 bits per heavy atom. The van der Waals surface area contributed by atoms with Crippen LogP contribution in [0.25, 0.3) is 66.7 Å². The second-order valence-electron chi connectivity index (χ2n) is 15.1. The monoisotopic (exact) mass is 948 g/mol. The normalized spacial score (nSPS) is 12.4. The topological polar surface area (TPSA) is 38.9 Å². The molecule has 0 saturated heterocycles. The molecule has 0 aliphatic heterocycles. The van der Waals surface area contributed by atoms with E-state index in [0.717, 1.165) is 55.6 Å². The Kier molecular flexibility index (Phi) is 10.7. The van der Waals surface area contributed by atoms with Crippen molar-refractivity contribution in [3.05, 3.63) is 162 Å². The van der Waals surface area contributed by atoms with Gasteiger partial charge in [-0.2, -0.15) is 0 Å². The van der Waals surface area contributed by atoms with Gasteiger partial charge in [-0.05, 0) is 41.7 Å². The number of nitrogens with zero attached hydrogens (tertiary/aromatic N) is 2. The van der Waals surface area contributed by atoms with E-state index in [2.05, 4.69) is 123 Å². The standard InChI is InChI=1S/C27H22NO.C22H24GeN.Ir/c1-17(2)19-12-13-28-25(15-19)24-9-5-8-23-22-11-10-21(16-26(22)29-27(23)24)20-7-4-6-18(3)14-20;1-16-11-12-19(14-20(16)18-9-7-6-8-10-18)22-13-17(2)21(15-24-22)23(3,4)5;/h4-8,10-17H,1-3H3;6-11,13-15H,1-5H3;/q2*-1;/i3D3;;. The Morgan fingerprint density at radius 3 is 2.24 bits per heavy atom. The summed E-state index contributed by atoms with van der Waals surface area (Å²) in [6, 6.07) is 44.8. The minimum Gasteiger partial charge on any atom is -0.501 e. The van der Waals surface area contributed by atoms with Crippen molar-refractivity contribution in [2.24, 2.45) is 0 Å². The molecule has 0 unspecified atom stereocenters. The number of hydrogen-bond donors (Lipinski definition) is 0. The molecule has 54 heavy (non-hydrogen) atoms. The van der Waals surface area contributed by atoms with Crippen LogP contribution in [0, 0.1) is 32.8 Å². The molecule has 0 amide bonds. The van der Waals surface area contributed by atoms with Crippen LogP contribution in [0.3, 0.4) is 0 Å². The summed E-state index contributed by atoms with van der Waals surface area (Å²) >= 11 is -1.86. The minimum atomic E-state index is -2.14. The van der Waals surface area contributed by atoms with E-state index >= 15 is 0 Å². The summed E-state index contributed by atoms with van der Waals surface area (Å²) in [6.45, 7) is 6.53. The summed E-state index contributed by atoms with van der Waals surface area (Å²) in [5.41, 5.74) is 13.7. The molecule has 8 aromatic rings. The first-order valence-electron chi connectivity index (χ1n) is 19.7. The number of pyridine rings is 2. The first kappa shape index (κ1) is 35.1. The van der Waals surface area contributed by atoms with Crippen molar-refractivity contribution in [1.82, 2.24) is 9.97 Å². The van der Waals surface area contributed by atoms with Crippen LogP contribution in [0.1, 0.15) is 46.1 Å². The number of hydrogen-bond acceptors (Lipinski definition) is 3. The molecule has 0 fully saturated rings. The van der Waals surface area contributed by atoms with Gasteiger partial charge in [-0.1, -0.05) is 78.4 Å². The Bertz CT molecular complexity index is 2680. The van der Waals surface area contributed by atoms with Crippen LogP contribution in [-0.4, -0.2) is 23.2 Å². The smallest absolute Gasteiger partial charge is 0.121 e. The van der Waals surface area contributed by atoms with E-state index in [0.29, 0.717) is 11.5 Å². The molecule has 3 nitrogen and oxygen atoms in total. The van der Waals surface area contributed by atoms with Gasteiger partial charge in [0.05, 0.1) is 5.58 Å². The average Bonchev–Trinajstić information content (AvgIpc) is 3.56. The molecule has 0 aliphatic carbocycles. The van der Waals surface area contributed by atoms with Gasteiger partial charge in [-0.3, -0.25) is 0 Å². The molecular weight excluding hydrogens is 897 g/mol. The number of furan rings is 1. The van der Waals surface area contributed by atoms with Crippen LogP contribution < -0.4 is 4.40 Å². The van der Waals surface area contributed by atoms with E-state index in [-0.39, 0.29) is 20.1 Å². The molecule has 0 spiro atoms. The zero-order valence-electron chi connectivity index (χ0n) is 34.8. The maximum absolute atomic E-state index is 7.69. The molecule has 0 N–H and O–H groups in total. The molecule has 5 heteroatoms. The molecule has 8 rings (SSSR count). The van der Waals surface area contributed by atoms with E-state index in [1.165, 1.54) is 32.2 Å². The zero-order chi connectivity index (χ0) is 39.8. The largest absolute Gasteiger partial charge is 0.501 e. The fourth-order valence-electron chi connectivity index (χ4n) is 6.88. The van der Waals surface area contributed by atoms with Gasteiger partial charge in [0.2, 0.25) is 0 Å². The third kappa shape index (κ3) is 8.37. The van der Waals surface area contributed by atoms with Gasteiger partial charge in [-0.15, -0.1) is 18.2 Å². The summed E-state index contributed by atoms with van der Waals surface area (Å²) in [5.74, 6) is 7.64. The number of aryl methyl sites for hydroxylation is 3. The van der Waals surface area contributed by atoms with Crippen molar-refractivity contribution in [3.8, 4) is 44.8 Å². The number of aromatic nitrogens is 2. The molecule has 3 aromatic heterocycles. The molecular formula is C49H46GeIrN2O-2. The van der Waals surface area contributed by atoms with Gasteiger partial charge in [0.15, 0.2) is 0 Å². The van der Waals surface area contributed by atoms with Crippen LogP contribution in [0.2, 0.25) is 17.3 Å². The third-order valence-electron chi connectivity index (χ3n) is 9.77. The van der Waals surface area contributed by atoms with E-state index in [1.807, 2.05) is 48.7 Å². The Morgan fingerprint density at radius 2 is 1.50 bits per heavy atom. The summed E-state index contributed by atoms with van der Waals surface area (Å²) in [7, 11) is 0. The minimum absolute atomic E-state index is 0. The predicted octanol–water partition coefficient (Wildman–Crippen LogP) is 12.9. The average molecular weight is 947 g/mol. The van der Waals surface area contributed by atoms with Gasteiger partial charge in [0, 0.05) is 35.8 Å². The van der Waals surface area contributed by atoms with Crippen molar-refractivity contribution in [2.75, 3.05) is 0 Å². The quantitative estimate of drug-likeness (QED) is 0.123. The fourth-order valence-corrected chi connectivity index (χ4v) is 10.5. The summed E-state index contributed by atoms with van der Waals surface area (Å²) in [4.78, 5) is 9.32. The second-order valence-corrected chi connectivity index (χ2v) is 25.6. The summed E-state index contributed by atoms with van der Waals surface area (Å²) in [6.07, 6.45) is 3.93. The summed E-state index contributed by atoms with van der Waals surface area (Å²) in [5, 5.41) is 2.01. The molecule has 0 saturated carbocycles.